The molecule has 0 saturated heterocycles. The molecule has 0 unspecified atom stereocenters. The van der Waals surface area contributed by atoms with Crippen molar-refractivity contribution in [1.29, 1.82) is 0 Å². The number of imide groups is 1. The van der Waals surface area contributed by atoms with Gasteiger partial charge in [-0.25, -0.2) is 4.90 Å². The van der Waals surface area contributed by atoms with Crippen LogP contribution in [0.2, 0.25) is 5.02 Å². The average Bonchev–Trinajstić information content (AvgIpc) is 3.00. The molecule has 3 aromatic rings. The molecule has 33 heavy (non-hydrogen) atoms. The van der Waals surface area contributed by atoms with Crippen molar-refractivity contribution < 1.29 is 14.4 Å². The highest BCUT2D eigenvalue weighted by molar-refractivity contribution is 6.53. The van der Waals surface area contributed by atoms with E-state index in [1.165, 1.54) is 6.07 Å². The molecule has 0 saturated carbocycles. The van der Waals surface area contributed by atoms with Gasteiger partial charge in [0, 0.05) is 22.0 Å². The van der Waals surface area contributed by atoms with Gasteiger partial charge in [0.05, 0.1) is 5.69 Å². The van der Waals surface area contributed by atoms with Gasteiger partial charge in [0.25, 0.3) is 17.7 Å². The quantitative estimate of drug-likeness (QED) is 0.463. The Labute approximate surface area is 200 Å². The molecule has 166 valence electrons. The molecule has 3 amide bonds. The molecular weight excluding hydrogens is 461 g/mol. The Kier molecular flexibility index (Phi) is 6.22. The summed E-state index contributed by atoms with van der Waals surface area (Å²) in [6.45, 7) is 3.67. The van der Waals surface area contributed by atoms with Gasteiger partial charge in [-0.3, -0.25) is 14.4 Å². The van der Waals surface area contributed by atoms with E-state index in [-0.39, 0.29) is 16.6 Å². The maximum absolute atomic E-state index is 13.1. The summed E-state index contributed by atoms with van der Waals surface area (Å²) in [6.07, 6.45) is 0. The molecule has 8 heteroatoms. The first-order valence-corrected chi connectivity index (χ1v) is 10.8. The molecule has 0 bridgehead atoms. The Morgan fingerprint density at radius 2 is 1.61 bits per heavy atom. The van der Waals surface area contributed by atoms with Crippen LogP contribution in [0.3, 0.4) is 0 Å². The number of para-hydroxylation sites is 1. The summed E-state index contributed by atoms with van der Waals surface area (Å²) in [7, 11) is 0. The summed E-state index contributed by atoms with van der Waals surface area (Å²) >= 11 is 12.3. The molecule has 0 spiro atoms. The molecule has 1 aliphatic rings. The predicted octanol–water partition coefficient (Wildman–Crippen LogP) is 5.64. The van der Waals surface area contributed by atoms with E-state index in [0.717, 1.165) is 10.5 Å². The molecule has 1 aliphatic heterocycles. The van der Waals surface area contributed by atoms with Gasteiger partial charge in [-0.15, -0.1) is 0 Å². The Bertz CT molecular complexity index is 1330. The molecule has 1 heterocycles. The maximum atomic E-state index is 13.1. The van der Waals surface area contributed by atoms with E-state index in [2.05, 4.69) is 10.6 Å². The van der Waals surface area contributed by atoms with Gasteiger partial charge in [-0.2, -0.15) is 0 Å². The Morgan fingerprint density at radius 3 is 2.36 bits per heavy atom. The molecule has 0 atom stereocenters. The smallest absolute Gasteiger partial charge is 0.283 e. The number of carbonyl (C=O) groups excluding carboxylic acids is 3. The van der Waals surface area contributed by atoms with Crippen molar-refractivity contribution in [1.82, 2.24) is 0 Å². The van der Waals surface area contributed by atoms with Crippen molar-refractivity contribution in [2.24, 2.45) is 0 Å². The SMILES string of the molecule is Cc1ccccc1NC(=O)c1cccc(NC2=C(Cl)C(=O)N(c3cc(Cl)ccc3C)C2=O)c1. The number of aryl methyl sites for hydroxylation is 2. The van der Waals surface area contributed by atoms with Crippen LogP contribution in [0.4, 0.5) is 17.1 Å². The van der Waals surface area contributed by atoms with Gasteiger partial charge < -0.3 is 10.6 Å². The molecule has 3 aromatic carbocycles. The summed E-state index contributed by atoms with van der Waals surface area (Å²) in [5.74, 6) is -1.56. The van der Waals surface area contributed by atoms with E-state index in [4.69, 9.17) is 23.2 Å². The summed E-state index contributed by atoms with van der Waals surface area (Å²) in [5.41, 5.74) is 3.43. The molecule has 2 N–H and O–H groups in total. The van der Waals surface area contributed by atoms with Crippen LogP contribution in [0.25, 0.3) is 0 Å². The van der Waals surface area contributed by atoms with E-state index in [1.807, 2.05) is 31.2 Å². The Balaban J connectivity index is 1.57. The number of nitrogens with one attached hydrogen (secondary N) is 2. The molecule has 0 aliphatic carbocycles. The lowest BCUT2D eigenvalue weighted by molar-refractivity contribution is -0.120. The largest absolute Gasteiger partial charge is 0.350 e. The van der Waals surface area contributed by atoms with Gasteiger partial charge in [-0.1, -0.05) is 53.5 Å². The number of carbonyl (C=O) groups is 3. The monoisotopic (exact) mass is 479 g/mol. The van der Waals surface area contributed by atoms with E-state index in [9.17, 15) is 14.4 Å². The minimum atomic E-state index is -0.650. The highest BCUT2D eigenvalue weighted by Crippen LogP contribution is 2.33. The third kappa shape index (κ3) is 4.49. The number of benzene rings is 3. The second kappa shape index (κ2) is 9.10. The van der Waals surface area contributed by atoms with Crippen molar-refractivity contribution >= 4 is 58.0 Å². The zero-order valence-electron chi connectivity index (χ0n) is 17.8. The first-order chi connectivity index (χ1) is 15.8. The topological polar surface area (TPSA) is 78.5 Å². The Hall–Kier alpha value is -3.61. The summed E-state index contributed by atoms with van der Waals surface area (Å²) in [4.78, 5) is 39.5. The van der Waals surface area contributed by atoms with E-state index >= 15 is 0 Å². The predicted molar refractivity (Wildman–Crippen MR) is 131 cm³/mol. The number of amides is 3. The summed E-state index contributed by atoms with van der Waals surface area (Å²) in [5, 5.41) is 5.91. The third-order valence-corrected chi connectivity index (χ3v) is 5.81. The highest BCUT2D eigenvalue weighted by atomic mass is 35.5. The van der Waals surface area contributed by atoms with Crippen LogP contribution in [0, 0.1) is 13.8 Å². The van der Waals surface area contributed by atoms with Crippen molar-refractivity contribution in [2.75, 3.05) is 15.5 Å². The normalized spacial score (nSPS) is 13.5. The fourth-order valence-corrected chi connectivity index (χ4v) is 3.82. The average molecular weight is 480 g/mol. The van der Waals surface area contributed by atoms with E-state index in [1.54, 1.807) is 43.3 Å². The van der Waals surface area contributed by atoms with Crippen LogP contribution < -0.4 is 15.5 Å². The zero-order valence-corrected chi connectivity index (χ0v) is 19.3. The third-order valence-electron chi connectivity index (χ3n) is 5.23. The van der Waals surface area contributed by atoms with Crippen molar-refractivity contribution in [3.8, 4) is 0 Å². The number of nitrogens with zero attached hydrogens (tertiary/aromatic N) is 1. The molecule has 6 nitrogen and oxygen atoms in total. The first-order valence-electron chi connectivity index (χ1n) is 10.0. The number of hydrogen-bond donors (Lipinski definition) is 2. The standard InChI is InChI=1S/C25H19Cl2N3O3/c1-14-6-3-4-9-19(14)29-23(31)16-7-5-8-18(12-16)28-22-21(27)24(32)30(25(22)33)20-13-17(26)11-10-15(20)2/h3-13,28H,1-2H3,(H,29,31). The van der Waals surface area contributed by atoms with Gasteiger partial charge in [0.1, 0.15) is 10.7 Å². The maximum Gasteiger partial charge on any atom is 0.283 e. The lowest BCUT2D eigenvalue weighted by atomic mass is 10.1. The van der Waals surface area contributed by atoms with Gasteiger partial charge in [-0.05, 0) is 61.4 Å². The van der Waals surface area contributed by atoms with Crippen LogP contribution in [0.1, 0.15) is 21.5 Å². The van der Waals surface area contributed by atoms with Crippen LogP contribution in [0.5, 0.6) is 0 Å². The number of halogens is 2. The van der Waals surface area contributed by atoms with E-state index in [0.29, 0.717) is 33.2 Å². The zero-order chi connectivity index (χ0) is 23.7. The lowest BCUT2D eigenvalue weighted by Crippen LogP contribution is -2.32. The number of rotatable bonds is 5. The number of hydrogen-bond acceptors (Lipinski definition) is 4. The minimum absolute atomic E-state index is 0.0718. The van der Waals surface area contributed by atoms with Crippen LogP contribution in [0.15, 0.2) is 77.5 Å². The first kappa shape index (κ1) is 22.6. The Morgan fingerprint density at radius 1 is 0.848 bits per heavy atom. The van der Waals surface area contributed by atoms with Gasteiger partial charge in [0.2, 0.25) is 0 Å². The molecule has 4 rings (SSSR count). The molecule has 0 aromatic heterocycles. The molecule has 0 radical (unpaired) electrons. The fourth-order valence-electron chi connectivity index (χ4n) is 3.44. The van der Waals surface area contributed by atoms with Crippen LogP contribution in [-0.2, 0) is 9.59 Å². The van der Waals surface area contributed by atoms with Crippen LogP contribution >= 0.6 is 23.2 Å². The van der Waals surface area contributed by atoms with Crippen molar-refractivity contribution in [3.63, 3.8) is 0 Å². The van der Waals surface area contributed by atoms with Crippen molar-refractivity contribution in [2.45, 2.75) is 13.8 Å². The van der Waals surface area contributed by atoms with Gasteiger partial charge in [0.15, 0.2) is 0 Å². The second-order valence-electron chi connectivity index (χ2n) is 7.54. The van der Waals surface area contributed by atoms with Crippen LogP contribution in [-0.4, -0.2) is 17.7 Å². The lowest BCUT2D eigenvalue weighted by Gasteiger charge is -2.18. The summed E-state index contributed by atoms with van der Waals surface area (Å²) in [6, 6.07) is 18.9. The molecule has 0 fully saturated rings. The minimum Gasteiger partial charge on any atom is -0.350 e. The van der Waals surface area contributed by atoms with Crippen molar-refractivity contribution in [3.05, 3.63) is 99.2 Å². The highest BCUT2D eigenvalue weighted by Gasteiger charge is 2.39. The van der Waals surface area contributed by atoms with Gasteiger partial charge >= 0.3 is 0 Å². The fraction of sp³-hybridized carbons (Fsp3) is 0.0800. The summed E-state index contributed by atoms with van der Waals surface area (Å²) < 4.78 is 0. The van der Waals surface area contributed by atoms with E-state index < -0.39 is 11.8 Å². The molecular formula is C25H19Cl2N3O3. The second-order valence-corrected chi connectivity index (χ2v) is 8.35. The number of anilines is 3.